The molecule has 3 saturated heterocycles. The zero-order valence-electron chi connectivity index (χ0n) is 11.9. The van der Waals surface area contributed by atoms with Crippen molar-refractivity contribution in [2.24, 2.45) is 5.92 Å². The molecule has 1 atom stereocenters. The smallest absolute Gasteiger partial charge is 0.177 e. The summed E-state index contributed by atoms with van der Waals surface area (Å²) in [4.78, 5) is 2.55. The summed E-state index contributed by atoms with van der Waals surface area (Å²) in [6.07, 6.45) is 3.65. The Hall–Kier alpha value is -1.55. The third-order valence-corrected chi connectivity index (χ3v) is 4.92. The molecular formula is C16H21N3O. The number of nitrogens with zero attached hydrogens (tertiary/aromatic N) is 2. The van der Waals surface area contributed by atoms with Crippen LogP contribution in [-0.2, 0) is 6.42 Å². The SMILES string of the molecule is CCc1ccc2c(N[C@H]3CN4CCC3CC4)noc2c1. The summed E-state index contributed by atoms with van der Waals surface area (Å²) < 4.78 is 5.49. The minimum absolute atomic E-state index is 0.525. The first-order chi connectivity index (χ1) is 9.83. The molecule has 5 rings (SSSR count). The highest BCUT2D eigenvalue weighted by Gasteiger charge is 2.34. The van der Waals surface area contributed by atoms with Crippen molar-refractivity contribution < 1.29 is 4.52 Å². The van der Waals surface area contributed by atoms with Crippen molar-refractivity contribution >= 4 is 16.8 Å². The van der Waals surface area contributed by atoms with Crippen LogP contribution in [0.2, 0.25) is 0 Å². The zero-order chi connectivity index (χ0) is 13.5. The van der Waals surface area contributed by atoms with Crippen molar-refractivity contribution in [2.45, 2.75) is 32.2 Å². The van der Waals surface area contributed by atoms with Gasteiger partial charge in [-0.3, -0.25) is 0 Å². The van der Waals surface area contributed by atoms with Gasteiger partial charge in [-0.25, -0.2) is 0 Å². The van der Waals surface area contributed by atoms with E-state index in [1.165, 1.54) is 31.5 Å². The molecule has 0 spiro atoms. The number of rotatable bonds is 3. The molecule has 0 saturated carbocycles. The topological polar surface area (TPSA) is 41.3 Å². The normalized spacial score (nSPS) is 28.9. The van der Waals surface area contributed by atoms with Gasteiger partial charge >= 0.3 is 0 Å². The zero-order valence-corrected chi connectivity index (χ0v) is 11.9. The van der Waals surface area contributed by atoms with Gasteiger partial charge in [0.25, 0.3) is 0 Å². The van der Waals surface area contributed by atoms with E-state index in [0.717, 1.165) is 35.7 Å². The number of hydrogen-bond acceptors (Lipinski definition) is 4. The van der Waals surface area contributed by atoms with Crippen LogP contribution in [0.5, 0.6) is 0 Å². The van der Waals surface area contributed by atoms with Crippen LogP contribution >= 0.6 is 0 Å². The molecule has 3 aliphatic heterocycles. The molecule has 20 heavy (non-hydrogen) atoms. The Bertz CT molecular complexity index is 613. The predicted octanol–water partition coefficient (Wildman–Crippen LogP) is 2.90. The molecule has 3 aliphatic rings. The first-order valence-electron chi connectivity index (χ1n) is 7.70. The first kappa shape index (κ1) is 12.2. The maximum Gasteiger partial charge on any atom is 0.177 e. The maximum absolute atomic E-state index is 5.49. The summed E-state index contributed by atoms with van der Waals surface area (Å²) in [5.41, 5.74) is 2.19. The van der Waals surface area contributed by atoms with Gasteiger partial charge in [-0.05, 0) is 56.0 Å². The molecule has 4 heterocycles. The molecule has 1 N–H and O–H groups in total. The second-order valence-corrected chi connectivity index (χ2v) is 6.10. The highest BCUT2D eigenvalue weighted by atomic mass is 16.5. The third-order valence-electron chi connectivity index (χ3n) is 4.92. The Morgan fingerprint density at radius 2 is 2.20 bits per heavy atom. The number of benzene rings is 1. The molecule has 106 valence electrons. The van der Waals surface area contributed by atoms with E-state index in [0.29, 0.717) is 6.04 Å². The minimum atomic E-state index is 0.525. The molecule has 0 radical (unpaired) electrons. The summed E-state index contributed by atoms with van der Waals surface area (Å²) >= 11 is 0. The number of hydrogen-bond donors (Lipinski definition) is 1. The van der Waals surface area contributed by atoms with Crippen molar-refractivity contribution in [3.63, 3.8) is 0 Å². The van der Waals surface area contributed by atoms with Gasteiger partial charge in [0.1, 0.15) is 0 Å². The number of nitrogens with one attached hydrogen (secondary N) is 1. The van der Waals surface area contributed by atoms with Crippen LogP contribution in [0.25, 0.3) is 11.0 Å². The van der Waals surface area contributed by atoms with E-state index in [4.69, 9.17) is 4.52 Å². The molecule has 0 amide bonds. The van der Waals surface area contributed by atoms with Gasteiger partial charge in [0.05, 0.1) is 5.39 Å². The summed E-state index contributed by atoms with van der Waals surface area (Å²) in [5.74, 6) is 1.71. The van der Waals surface area contributed by atoms with Crippen molar-refractivity contribution in [2.75, 3.05) is 25.0 Å². The highest BCUT2D eigenvalue weighted by molar-refractivity contribution is 5.88. The quantitative estimate of drug-likeness (QED) is 0.932. The molecule has 4 nitrogen and oxygen atoms in total. The average molecular weight is 271 g/mol. The predicted molar refractivity (Wildman–Crippen MR) is 80.0 cm³/mol. The fraction of sp³-hybridized carbons (Fsp3) is 0.562. The number of aryl methyl sites for hydroxylation is 1. The van der Waals surface area contributed by atoms with E-state index in [9.17, 15) is 0 Å². The van der Waals surface area contributed by atoms with Crippen LogP contribution in [0.15, 0.2) is 22.7 Å². The number of fused-ring (bicyclic) bond motifs is 4. The van der Waals surface area contributed by atoms with Crippen LogP contribution in [0.4, 0.5) is 5.82 Å². The lowest BCUT2D eigenvalue weighted by atomic mass is 9.84. The van der Waals surface area contributed by atoms with E-state index in [-0.39, 0.29) is 0 Å². The molecule has 2 aromatic rings. The van der Waals surface area contributed by atoms with Crippen molar-refractivity contribution in [1.82, 2.24) is 10.1 Å². The second kappa shape index (κ2) is 4.77. The number of piperidine rings is 3. The number of anilines is 1. The van der Waals surface area contributed by atoms with E-state index < -0.39 is 0 Å². The van der Waals surface area contributed by atoms with Crippen molar-refractivity contribution in [1.29, 1.82) is 0 Å². The monoisotopic (exact) mass is 271 g/mol. The molecule has 1 aromatic carbocycles. The summed E-state index contributed by atoms with van der Waals surface area (Å²) in [7, 11) is 0. The summed E-state index contributed by atoms with van der Waals surface area (Å²) in [6.45, 7) is 5.83. The largest absolute Gasteiger partial charge is 0.362 e. The molecule has 2 bridgehead atoms. The highest BCUT2D eigenvalue weighted by Crippen LogP contribution is 2.31. The van der Waals surface area contributed by atoms with E-state index in [1.807, 2.05) is 0 Å². The van der Waals surface area contributed by atoms with Crippen molar-refractivity contribution in [3.05, 3.63) is 23.8 Å². The van der Waals surface area contributed by atoms with Crippen LogP contribution < -0.4 is 5.32 Å². The molecular weight excluding hydrogens is 250 g/mol. The lowest BCUT2D eigenvalue weighted by molar-refractivity contribution is 0.0973. The van der Waals surface area contributed by atoms with Gasteiger partial charge in [-0.2, -0.15) is 0 Å². The summed E-state index contributed by atoms with van der Waals surface area (Å²) in [5, 5.41) is 8.98. The lowest BCUT2D eigenvalue weighted by Crippen LogP contribution is -2.53. The minimum Gasteiger partial charge on any atom is -0.362 e. The van der Waals surface area contributed by atoms with Crippen LogP contribution in [-0.4, -0.2) is 35.7 Å². The second-order valence-electron chi connectivity index (χ2n) is 6.10. The van der Waals surface area contributed by atoms with Crippen LogP contribution in [0.3, 0.4) is 0 Å². The van der Waals surface area contributed by atoms with Crippen molar-refractivity contribution in [3.8, 4) is 0 Å². The fourth-order valence-electron chi connectivity index (χ4n) is 3.61. The Morgan fingerprint density at radius 1 is 1.35 bits per heavy atom. The average Bonchev–Trinajstić information content (AvgIpc) is 2.91. The summed E-state index contributed by atoms with van der Waals surface area (Å²) in [6, 6.07) is 6.93. The molecule has 3 fully saturated rings. The Balaban J connectivity index is 1.59. The van der Waals surface area contributed by atoms with Gasteiger partial charge in [-0.15, -0.1) is 0 Å². The third kappa shape index (κ3) is 1.99. The van der Waals surface area contributed by atoms with E-state index in [1.54, 1.807) is 0 Å². The van der Waals surface area contributed by atoms with Crippen LogP contribution in [0.1, 0.15) is 25.3 Å². The lowest BCUT2D eigenvalue weighted by Gasteiger charge is -2.44. The van der Waals surface area contributed by atoms with E-state index in [2.05, 4.69) is 40.5 Å². The van der Waals surface area contributed by atoms with Gasteiger partial charge in [0.15, 0.2) is 11.4 Å². The van der Waals surface area contributed by atoms with Gasteiger partial charge in [-0.1, -0.05) is 18.1 Å². The van der Waals surface area contributed by atoms with E-state index >= 15 is 0 Å². The standard InChI is InChI=1S/C16H21N3O/c1-2-11-3-4-13-15(9-11)20-18-16(13)17-14-10-19-7-5-12(14)6-8-19/h3-4,9,12,14H,2,5-8,10H2,1H3,(H,17,18)/t14-/m0/s1. The van der Waals surface area contributed by atoms with Gasteiger partial charge in [0, 0.05) is 12.6 Å². The fourth-order valence-corrected chi connectivity index (χ4v) is 3.61. The van der Waals surface area contributed by atoms with Crippen LogP contribution in [0, 0.1) is 5.92 Å². The Labute approximate surface area is 119 Å². The Morgan fingerprint density at radius 3 is 2.90 bits per heavy atom. The maximum atomic E-state index is 5.49. The first-order valence-corrected chi connectivity index (χ1v) is 7.70. The number of aromatic nitrogens is 1. The molecule has 1 aromatic heterocycles. The van der Waals surface area contributed by atoms with Gasteiger partial charge in [0.2, 0.25) is 0 Å². The molecule has 0 aliphatic carbocycles. The molecule has 0 unspecified atom stereocenters. The molecule has 4 heteroatoms. The Kier molecular flexibility index (Phi) is 2.91. The van der Waals surface area contributed by atoms with Gasteiger partial charge < -0.3 is 14.7 Å².